The van der Waals surface area contributed by atoms with E-state index in [-0.39, 0.29) is 0 Å². The molecule has 1 heterocycles. The molecule has 1 rings (SSSR count). The van der Waals surface area contributed by atoms with E-state index >= 15 is 0 Å². The largest absolute Gasteiger partial charge is 0.349 e. The van der Waals surface area contributed by atoms with Gasteiger partial charge in [-0.3, -0.25) is 0 Å². The van der Waals surface area contributed by atoms with Crippen LogP contribution in [0.15, 0.2) is 17.2 Å². The molecule has 0 aliphatic rings. The van der Waals surface area contributed by atoms with Gasteiger partial charge < -0.3 is 9.88 Å². The first-order valence-corrected chi connectivity index (χ1v) is 8.27. The van der Waals surface area contributed by atoms with Gasteiger partial charge in [0.2, 0.25) is 10.0 Å². The molecule has 1 aromatic rings. The Labute approximate surface area is 116 Å². The molecular formula is C13H25N3O2S. The lowest BCUT2D eigenvalue weighted by atomic mass is 10.4. The number of hydrogen-bond acceptors (Lipinski definition) is 3. The second-order valence-electron chi connectivity index (χ2n) is 4.56. The maximum atomic E-state index is 12.3. The lowest BCUT2D eigenvalue weighted by Gasteiger charge is -2.13. The summed E-state index contributed by atoms with van der Waals surface area (Å²) in [6.07, 6.45) is 2.73. The highest BCUT2D eigenvalue weighted by Gasteiger charge is 2.22. The summed E-state index contributed by atoms with van der Waals surface area (Å²) in [6, 6.07) is 1.78. The Morgan fingerprint density at radius 3 is 2.53 bits per heavy atom. The predicted molar refractivity (Wildman–Crippen MR) is 77.6 cm³/mol. The Balaban J connectivity index is 3.09. The molecule has 0 fully saturated rings. The number of rotatable bonds is 8. The van der Waals surface area contributed by atoms with Gasteiger partial charge in [0.15, 0.2) is 0 Å². The third kappa shape index (κ3) is 3.81. The zero-order chi connectivity index (χ0) is 14.5. The molecule has 0 saturated heterocycles. The monoisotopic (exact) mass is 287 g/mol. The van der Waals surface area contributed by atoms with Gasteiger partial charge in [0.25, 0.3) is 0 Å². The van der Waals surface area contributed by atoms with E-state index in [1.54, 1.807) is 19.3 Å². The molecule has 0 amide bonds. The van der Waals surface area contributed by atoms with Crippen molar-refractivity contribution >= 4 is 10.0 Å². The van der Waals surface area contributed by atoms with Crippen LogP contribution >= 0.6 is 0 Å². The standard InChI is InChI=1S/C13H25N3O2S/c1-5-8-16-11-13(9-12(16)10-14-6-2)19(17,18)15(4)7-3/h9,11,14H,5-8,10H2,1-4H3. The summed E-state index contributed by atoms with van der Waals surface area (Å²) in [5.74, 6) is 0. The first-order chi connectivity index (χ1) is 8.97. The van der Waals surface area contributed by atoms with Gasteiger partial charge in [-0.05, 0) is 19.0 Å². The summed E-state index contributed by atoms with van der Waals surface area (Å²) in [5.41, 5.74) is 1.02. The Bertz CT molecular complexity index is 494. The van der Waals surface area contributed by atoms with Gasteiger partial charge in [0, 0.05) is 38.6 Å². The third-order valence-electron chi connectivity index (χ3n) is 3.13. The van der Waals surface area contributed by atoms with Crippen LogP contribution in [0.1, 0.15) is 32.9 Å². The molecular weight excluding hydrogens is 262 g/mol. The van der Waals surface area contributed by atoms with Gasteiger partial charge in [-0.15, -0.1) is 0 Å². The Morgan fingerprint density at radius 1 is 1.32 bits per heavy atom. The van der Waals surface area contributed by atoms with Crippen molar-refractivity contribution in [1.82, 2.24) is 14.2 Å². The number of nitrogens with one attached hydrogen (secondary N) is 1. The minimum atomic E-state index is -3.35. The molecule has 110 valence electrons. The van der Waals surface area contributed by atoms with Gasteiger partial charge in [0.05, 0.1) is 0 Å². The molecule has 19 heavy (non-hydrogen) atoms. The Kier molecular flexibility index (Phi) is 6.03. The smallest absolute Gasteiger partial charge is 0.244 e. The molecule has 6 heteroatoms. The zero-order valence-corrected chi connectivity index (χ0v) is 13.1. The average molecular weight is 287 g/mol. The molecule has 5 nitrogen and oxygen atoms in total. The second-order valence-corrected chi connectivity index (χ2v) is 6.60. The first-order valence-electron chi connectivity index (χ1n) is 6.83. The van der Waals surface area contributed by atoms with E-state index in [0.717, 1.165) is 25.2 Å². The normalized spacial score (nSPS) is 12.3. The van der Waals surface area contributed by atoms with E-state index in [1.807, 2.05) is 18.4 Å². The van der Waals surface area contributed by atoms with Crippen LogP contribution in [0.4, 0.5) is 0 Å². The maximum Gasteiger partial charge on any atom is 0.244 e. The van der Waals surface area contributed by atoms with Crippen LogP contribution in [0.2, 0.25) is 0 Å². The van der Waals surface area contributed by atoms with Crippen molar-refractivity contribution < 1.29 is 8.42 Å². The van der Waals surface area contributed by atoms with E-state index in [2.05, 4.69) is 12.2 Å². The minimum Gasteiger partial charge on any atom is -0.349 e. The lowest BCUT2D eigenvalue weighted by Crippen LogP contribution is -2.26. The summed E-state index contributed by atoms with van der Waals surface area (Å²) < 4.78 is 28.0. The van der Waals surface area contributed by atoms with Crippen LogP contribution in [-0.2, 0) is 23.1 Å². The number of sulfonamides is 1. The van der Waals surface area contributed by atoms with E-state index in [1.165, 1.54) is 4.31 Å². The quantitative estimate of drug-likeness (QED) is 0.791. The maximum absolute atomic E-state index is 12.3. The molecule has 0 bridgehead atoms. The molecule has 1 N–H and O–H groups in total. The molecule has 0 aliphatic heterocycles. The molecule has 0 aromatic carbocycles. The molecule has 1 aromatic heterocycles. The van der Waals surface area contributed by atoms with Crippen LogP contribution in [-0.4, -0.2) is 37.4 Å². The highest BCUT2D eigenvalue weighted by molar-refractivity contribution is 7.89. The van der Waals surface area contributed by atoms with Crippen LogP contribution < -0.4 is 5.32 Å². The Morgan fingerprint density at radius 2 is 2.00 bits per heavy atom. The van der Waals surface area contributed by atoms with Gasteiger partial charge in [-0.1, -0.05) is 20.8 Å². The fourth-order valence-electron chi connectivity index (χ4n) is 1.87. The van der Waals surface area contributed by atoms with Gasteiger partial charge in [0.1, 0.15) is 4.90 Å². The predicted octanol–water partition coefficient (Wildman–Crippen LogP) is 1.65. The molecule has 0 unspecified atom stereocenters. The van der Waals surface area contributed by atoms with Gasteiger partial charge >= 0.3 is 0 Å². The summed E-state index contributed by atoms with van der Waals surface area (Å²) >= 11 is 0. The minimum absolute atomic E-state index is 0.387. The topological polar surface area (TPSA) is 54.3 Å². The van der Waals surface area contributed by atoms with Crippen molar-refractivity contribution in [2.24, 2.45) is 0 Å². The van der Waals surface area contributed by atoms with Crippen molar-refractivity contribution in [3.8, 4) is 0 Å². The zero-order valence-electron chi connectivity index (χ0n) is 12.3. The highest BCUT2D eigenvalue weighted by Crippen LogP contribution is 2.18. The summed E-state index contributed by atoms with van der Waals surface area (Å²) in [5, 5.41) is 3.24. The van der Waals surface area contributed by atoms with Crippen molar-refractivity contribution in [2.75, 3.05) is 20.1 Å². The van der Waals surface area contributed by atoms with Crippen LogP contribution in [0.3, 0.4) is 0 Å². The lowest BCUT2D eigenvalue weighted by molar-refractivity contribution is 0.486. The average Bonchev–Trinajstić information content (AvgIpc) is 2.79. The van der Waals surface area contributed by atoms with Gasteiger partial charge in [-0.25, -0.2) is 12.7 Å². The van der Waals surface area contributed by atoms with Crippen LogP contribution in [0, 0.1) is 0 Å². The third-order valence-corrected chi connectivity index (χ3v) is 5.03. The van der Waals surface area contributed by atoms with Crippen molar-refractivity contribution in [1.29, 1.82) is 0 Å². The number of nitrogens with zero attached hydrogens (tertiary/aromatic N) is 2. The van der Waals surface area contributed by atoms with Crippen molar-refractivity contribution in [2.45, 2.75) is 45.2 Å². The summed E-state index contributed by atoms with van der Waals surface area (Å²) in [7, 11) is -1.74. The number of aromatic nitrogens is 1. The molecule has 0 saturated carbocycles. The number of hydrogen-bond donors (Lipinski definition) is 1. The van der Waals surface area contributed by atoms with E-state index in [9.17, 15) is 8.42 Å². The molecule has 0 radical (unpaired) electrons. The summed E-state index contributed by atoms with van der Waals surface area (Å²) in [4.78, 5) is 0.387. The van der Waals surface area contributed by atoms with Crippen LogP contribution in [0.25, 0.3) is 0 Å². The number of aryl methyl sites for hydroxylation is 1. The van der Waals surface area contributed by atoms with Crippen molar-refractivity contribution in [3.63, 3.8) is 0 Å². The van der Waals surface area contributed by atoms with Gasteiger partial charge in [-0.2, -0.15) is 0 Å². The first kappa shape index (κ1) is 16.2. The summed E-state index contributed by atoms with van der Waals surface area (Å²) in [6.45, 7) is 8.84. The van der Waals surface area contributed by atoms with Crippen LogP contribution in [0.5, 0.6) is 0 Å². The second kappa shape index (κ2) is 7.07. The van der Waals surface area contributed by atoms with Crippen molar-refractivity contribution in [3.05, 3.63) is 18.0 Å². The van der Waals surface area contributed by atoms with E-state index < -0.39 is 10.0 Å². The van der Waals surface area contributed by atoms with E-state index in [4.69, 9.17) is 0 Å². The highest BCUT2D eigenvalue weighted by atomic mass is 32.2. The molecule has 0 aliphatic carbocycles. The fraction of sp³-hybridized carbons (Fsp3) is 0.692. The fourth-order valence-corrected chi connectivity index (χ4v) is 3.11. The molecule has 0 spiro atoms. The van der Waals surface area contributed by atoms with E-state index in [0.29, 0.717) is 18.0 Å². The Hall–Kier alpha value is -0.850. The SMILES string of the molecule is CCCn1cc(S(=O)(=O)N(C)CC)cc1CNCC. The molecule has 0 atom stereocenters.